The van der Waals surface area contributed by atoms with Gasteiger partial charge >= 0.3 is 0 Å². The average Bonchev–Trinajstić information content (AvgIpc) is 3.04. The van der Waals surface area contributed by atoms with Gasteiger partial charge in [-0.05, 0) is 29.8 Å². The van der Waals surface area contributed by atoms with Crippen molar-refractivity contribution in [1.29, 1.82) is 0 Å². The number of hydrogen-bond acceptors (Lipinski definition) is 5. The van der Waals surface area contributed by atoms with E-state index >= 15 is 0 Å². The lowest BCUT2D eigenvalue weighted by Crippen LogP contribution is -2.48. The number of nitrogens with zero attached hydrogens (tertiary/aromatic N) is 2. The van der Waals surface area contributed by atoms with Crippen LogP contribution >= 0.6 is 0 Å². The molecule has 2 aromatic carbocycles. The summed E-state index contributed by atoms with van der Waals surface area (Å²) in [6.07, 6.45) is -0.295. The summed E-state index contributed by atoms with van der Waals surface area (Å²) < 4.78 is 11.4. The molecule has 2 aliphatic heterocycles. The molecule has 0 unspecified atom stereocenters. The van der Waals surface area contributed by atoms with Crippen LogP contribution in [0.2, 0.25) is 0 Å². The molecule has 2 atom stereocenters. The van der Waals surface area contributed by atoms with Crippen LogP contribution in [0, 0.1) is 0 Å². The Balaban J connectivity index is 1.37. The van der Waals surface area contributed by atoms with Crippen molar-refractivity contribution in [1.82, 2.24) is 9.80 Å². The van der Waals surface area contributed by atoms with Gasteiger partial charge in [-0.3, -0.25) is 9.80 Å². The van der Waals surface area contributed by atoms with Gasteiger partial charge in [0.1, 0.15) is 11.5 Å². The van der Waals surface area contributed by atoms with Gasteiger partial charge < -0.3 is 14.6 Å². The molecule has 26 heavy (non-hydrogen) atoms. The van der Waals surface area contributed by atoms with E-state index in [2.05, 4.69) is 21.9 Å². The molecule has 0 spiro atoms. The van der Waals surface area contributed by atoms with Crippen LogP contribution in [0.1, 0.15) is 5.56 Å². The Labute approximate surface area is 154 Å². The maximum Gasteiger partial charge on any atom is 0.127 e. The molecule has 0 aliphatic carbocycles. The van der Waals surface area contributed by atoms with E-state index in [1.54, 1.807) is 0 Å². The molecule has 5 heteroatoms. The molecule has 1 N–H and O–H groups in total. The van der Waals surface area contributed by atoms with Crippen molar-refractivity contribution >= 4 is 0 Å². The van der Waals surface area contributed by atoms with Crippen LogP contribution < -0.4 is 4.74 Å². The lowest BCUT2D eigenvalue weighted by atomic mass is 10.1. The number of aliphatic hydroxyl groups is 1. The monoisotopic (exact) mass is 354 g/mol. The van der Waals surface area contributed by atoms with Crippen LogP contribution in [0.3, 0.4) is 0 Å². The number of benzene rings is 2. The Bertz CT molecular complexity index is 703. The first-order valence-corrected chi connectivity index (χ1v) is 9.32. The topological polar surface area (TPSA) is 45.2 Å². The minimum atomic E-state index is -0.295. The number of para-hydroxylation sites is 1. The minimum Gasteiger partial charge on any atom is -0.457 e. The lowest BCUT2D eigenvalue weighted by Gasteiger charge is -2.33. The molecule has 2 saturated heterocycles. The summed E-state index contributed by atoms with van der Waals surface area (Å²) >= 11 is 0. The molecule has 2 aliphatic rings. The fraction of sp³-hybridized carbons (Fsp3) is 0.429. The van der Waals surface area contributed by atoms with Gasteiger partial charge in [0.2, 0.25) is 0 Å². The summed E-state index contributed by atoms with van der Waals surface area (Å²) in [6.45, 7) is 5.79. The van der Waals surface area contributed by atoms with Gasteiger partial charge in [0, 0.05) is 38.8 Å². The van der Waals surface area contributed by atoms with Gasteiger partial charge in [0.25, 0.3) is 0 Å². The quantitative estimate of drug-likeness (QED) is 0.893. The highest BCUT2D eigenvalue weighted by molar-refractivity contribution is 5.33. The Morgan fingerprint density at radius 3 is 2.54 bits per heavy atom. The van der Waals surface area contributed by atoms with E-state index in [9.17, 15) is 5.11 Å². The van der Waals surface area contributed by atoms with Crippen molar-refractivity contribution in [2.75, 3.05) is 39.4 Å². The fourth-order valence-corrected chi connectivity index (χ4v) is 3.83. The van der Waals surface area contributed by atoms with E-state index in [4.69, 9.17) is 9.47 Å². The van der Waals surface area contributed by atoms with E-state index in [0.717, 1.165) is 50.9 Å². The van der Waals surface area contributed by atoms with Gasteiger partial charge in [-0.2, -0.15) is 0 Å². The largest absolute Gasteiger partial charge is 0.457 e. The number of likely N-dealkylation sites (tertiary alicyclic amines) is 1. The van der Waals surface area contributed by atoms with Crippen LogP contribution in [0.4, 0.5) is 0 Å². The number of morpholine rings is 1. The second-order valence-electron chi connectivity index (χ2n) is 7.04. The Morgan fingerprint density at radius 2 is 1.73 bits per heavy atom. The first-order valence-electron chi connectivity index (χ1n) is 9.32. The SMILES string of the molecule is O[C@H]1CN(Cc2cccc(Oc3ccccc3)c2)C[C@@H]1N1CCOCC1. The number of aliphatic hydroxyl groups excluding tert-OH is 1. The van der Waals surface area contributed by atoms with Gasteiger partial charge in [-0.1, -0.05) is 30.3 Å². The Morgan fingerprint density at radius 1 is 0.962 bits per heavy atom. The molecule has 0 saturated carbocycles. The third-order valence-electron chi connectivity index (χ3n) is 5.13. The van der Waals surface area contributed by atoms with Crippen LogP contribution in [-0.2, 0) is 11.3 Å². The first kappa shape index (κ1) is 17.5. The van der Waals surface area contributed by atoms with E-state index in [1.165, 1.54) is 5.56 Å². The maximum absolute atomic E-state index is 10.5. The number of β-amino-alcohol motifs (C(OH)–C–C–N with tert-alkyl or cyclic N) is 1. The van der Waals surface area contributed by atoms with E-state index in [0.29, 0.717) is 6.54 Å². The minimum absolute atomic E-state index is 0.211. The van der Waals surface area contributed by atoms with E-state index in [1.807, 2.05) is 42.5 Å². The molecule has 0 aromatic heterocycles. The van der Waals surface area contributed by atoms with Crippen molar-refractivity contribution in [3.05, 3.63) is 60.2 Å². The third-order valence-corrected chi connectivity index (χ3v) is 5.13. The number of rotatable bonds is 5. The Kier molecular flexibility index (Phi) is 5.51. The molecule has 0 radical (unpaired) electrons. The lowest BCUT2D eigenvalue weighted by molar-refractivity contribution is -0.00618. The van der Waals surface area contributed by atoms with Crippen molar-refractivity contribution in [3.8, 4) is 11.5 Å². The van der Waals surface area contributed by atoms with E-state index < -0.39 is 0 Å². The second-order valence-corrected chi connectivity index (χ2v) is 7.04. The smallest absolute Gasteiger partial charge is 0.127 e. The van der Waals surface area contributed by atoms with Gasteiger partial charge in [-0.25, -0.2) is 0 Å². The van der Waals surface area contributed by atoms with Crippen molar-refractivity contribution in [2.45, 2.75) is 18.7 Å². The normalized spacial score (nSPS) is 24.7. The summed E-state index contributed by atoms with van der Waals surface area (Å²) in [5.74, 6) is 1.69. The molecule has 4 rings (SSSR count). The van der Waals surface area contributed by atoms with Crippen molar-refractivity contribution in [2.24, 2.45) is 0 Å². The molecule has 2 fully saturated rings. The molecule has 5 nitrogen and oxygen atoms in total. The highest BCUT2D eigenvalue weighted by Crippen LogP contribution is 2.24. The summed E-state index contributed by atoms with van der Waals surface area (Å²) in [7, 11) is 0. The Hall–Kier alpha value is -1.92. The highest BCUT2D eigenvalue weighted by atomic mass is 16.5. The second kappa shape index (κ2) is 8.18. The zero-order valence-electron chi connectivity index (χ0n) is 15.0. The molecule has 0 bridgehead atoms. The van der Waals surface area contributed by atoms with E-state index in [-0.39, 0.29) is 12.1 Å². The van der Waals surface area contributed by atoms with Crippen LogP contribution in [0.25, 0.3) is 0 Å². The van der Waals surface area contributed by atoms with Crippen molar-refractivity contribution < 1.29 is 14.6 Å². The predicted molar refractivity (Wildman–Crippen MR) is 100 cm³/mol. The average molecular weight is 354 g/mol. The van der Waals surface area contributed by atoms with Crippen molar-refractivity contribution in [3.63, 3.8) is 0 Å². The number of hydrogen-bond donors (Lipinski definition) is 1. The molecule has 2 heterocycles. The van der Waals surface area contributed by atoms with Crippen LogP contribution in [0.15, 0.2) is 54.6 Å². The third kappa shape index (κ3) is 4.24. The van der Waals surface area contributed by atoms with Gasteiger partial charge in [0.05, 0.1) is 19.3 Å². The summed E-state index contributed by atoms with van der Waals surface area (Å²) in [4.78, 5) is 4.69. The fourth-order valence-electron chi connectivity index (χ4n) is 3.83. The summed E-state index contributed by atoms with van der Waals surface area (Å²) in [5.41, 5.74) is 1.20. The molecule has 138 valence electrons. The zero-order chi connectivity index (χ0) is 17.8. The maximum atomic E-state index is 10.5. The van der Waals surface area contributed by atoms with Gasteiger partial charge in [0.15, 0.2) is 0 Å². The van der Waals surface area contributed by atoms with Gasteiger partial charge in [-0.15, -0.1) is 0 Å². The molecular weight excluding hydrogens is 328 g/mol. The zero-order valence-corrected chi connectivity index (χ0v) is 15.0. The highest BCUT2D eigenvalue weighted by Gasteiger charge is 2.35. The summed E-state index contributed by atoms with van der Waals surface area (Å²) in [6, 6.07) is 18.2. The predicted octanol–water partition coefficient (Wildman–Crippen LogP) is 2.36. The summed E-state index contributed by atoms with van der Waals surface area (Å²) in [5, 5.41) is 10.5. The molecule has 0 amide bonds. The first-order chi connectivity index (χ1) is 12.8. The standard InChI is InChI=1S/C21H26N2O3/c24-21-16-22(15-20(21)23-9-11-25-12-10-23)14-17-5-4-8-19(13-17)26-18-6-2-1-3-7-18/h1-8,13,20-21,24H,9-12,14-16H2/t20-,21-/m0/s1. The van der Waals surface area contributed by atoms with Crippen LogP contribution in [-0.4, -0.2) is 66.4 Å². The number of ether oxygens (including phenoxy) is 2. The van der Waals surface area contributed by atoms with Crippen LogP contribution in [0.5, 0.6) is 11.5 Å². The molecular formula is C21H26N2O3. The molecule has 2 aromatic rings.